The third-order valence-corrected chi connectivity index (χ3v) is 2.96. The Morgan fingerprint density at radius 1 is 1.00 bits per heavy atom. The quantitative estimate of drug-likeness (QED) is 0.714. The van der Waals surface area contributed by atoms with E-state index in [1.165, 1.54) is 36.4 Å². The Morgan fingerprint density at radius 2 is 1.70 bits per heavy atom. The lowest BCUT2D eigenvalue weighted by Gasteiger charge is -2.06. The molecule has 0 aliphatic carbocycles. The van der Waals surface area contributed by atoms with Crippen LogP contribution in [-0.2, 0) is 0 Å². The van der Waals surface area contributed by atoms with E-state index in [0.29, 0.717) is 5.56 Å². The molecule has 0 aliphatic heterocycles. The average molecular weight is 272 g/mol. The van der Waals surface area contributed by atoms with E-state index in [9.17, 15) is 19.4 Å². The third-order valence-electron chi connectivity index (χ3n) is 2.96. The van der Waals surface area contributed by atoms with E-state index in [-0.39, 0.29) is 22.5 Å². The smallest absolute Gasteiger partial charge is 0.235 e. The number of benzene rings is 2. The second-order valence-corrected chi connectivity index (χ2v) is 4.30. The zero-order valence-electron chi connectivity index (χ0n) is 10.1. The molecule has 0 radical (unpaired) electrons. The molecule has 1 heterocycles. The Balaban J connectivity index is 2.32. The Hall–Kier alpha value is -2.82. The van der Waals surface area contributed by atoms with Crippen molar-refractivity contribution in [2.75, 3.05) is 0 Å². The average Bonchev–Trinajstić information content (AvgIpc) is 2.44. The van der Waals surface area contributed by atoms with Crippen molar-refractivity contribution in [2.24, 2.45) is 0 Å². The number of aromatic hydroxyl groups is 2. The van der Waals surface area contributed by atoms with Crippen LogP contribution in [0.2, 0.25) is 0 Å². The predicted molar refractivity (Wildman–Crippen MR) is 71.2 cm³/mol. The number of halogens is 1. The number of hydrogen-bond donors (Lipinski definition) is 2. The number of hydrogen-bond acceptors (Lipinski definition) is 4. The van der Waals surface area contributed by atoms with Crippen molar-refractivity contribution in [3.63, 3.8) is 0 Å². The SMILES string of the molecule is O=c1c(O)c(-c2ccc(O)cc2)oc2ccc(F)cc12. The zero-order valence-corrected chi connectivity index (χ0v) is 10.1. The van der Waals surface area contributed by atoms with E-state index in [1.807, 2.05) is 0 Å². The third kappa shape index (κ3) is 1.89. The molecule has 0 saturated heterocycles. The molecule has 0 fully saturated rings. The van der Waals surface area contributed by atoms with Gasteiger partial charge in [0.15, 0.2) is 5.76 Å². The summed E-state index contributed by atoms with van der Waals surface area (Å²) in [6.45, 7) is 0. The van der Waals surface area contributed by atoms with Crippen molar-refractivity contribution >= 4 is 11.0 Å². The maximum absolute atomic E-state index is 13.1. The summed E-state index contributed by atoms with van der Waals surface area (Å²) in [5.74, 6) is -1.14. The first-order chi connectivity index (χ1) is 9.56. The van der Waals surface area contributed by atoms with Gasteiger partial charge in [0.1, 0.15) is 17.1 Å². The molecule has 3 aromatic rings. The number of phenols is 1. The highest BCUT2D eigenvalue weighted by Crippen LogP contribution is 2.30. The molecule has 0 amide bonds. The topological polar surface area (TPSA) is 70.7 Å². The van der Waals surface area contributed by atoms with E-state index in [4.69, 9.17) is 4.42 Å². The van der Waals surface area contributed by atoms with Gasteiger partial charge < -0.3 is 14.6 Å². The maximum Gasteiger partial charge on any atom is 0.235 e. The Bertz CT molecular complexity index is 850. The molecule has 3 rings (SSSR count). The lowest BCUT2D eigenvalue weighted by molar-refractivity contribution is 0.448. The molecule has 0 saturated carbocycles. The Labute approximate surface area is 112 Å². The van der Waals surface area contributed by atoms with Crippen LogP contribution in [-0.4, -0.2) is 10.2 Å². The highest BCUT2D eigenvalue weighted by Gasteiger charge is 2.15. The largest absolute Gasteiger partial charge is 0.508 e. The van der Waals surface area contributed by atoms with Crippen LogP contribution in [0.5, 0.6) is 11.5 Å². The number of fused-ring (bicyclic) bond motifs is 1. The maximum atomic E-state index is 13.1. The van der Waals surface area contributed by atoms with Gasteiger partial charge in [-0.05, 0) is 42.5 Å². The van der Waals surface area contributed by atoms with Crippen molar-refractivity contribution in [3.8, 4) is 22.8 Å². The normalized spacial score (nSPS) is 10.8. The van der Waals surface area contributed by atoms with Crippen LogP contribution in [0, 0.1) is 5.82 Å². The number of rotatable bonds is 1. The Kier molecular flexibility index (Phi) is 2.68. The summed E-state index contributed by atoms with van der Waals surface area (Å²) in [5.41, 5.74) is -0.0882. The van der Waals surface area contributed by atoms with Crippen LogP contribution >= 0.6 is 0 Å². The van der Waals surface area contributed by atoms with Gasteiger partial charge in [-0.1, -0.05) is 0 Å². The van der Waals surface area contributed by atoms with Crippen LogP contribution in [0.25, 0.3) is 22.3 Å². The predicted octanol–water partition coefficient (Wildman–Crippen LogP) is 3.01. The van der Waals surface area contributed by atoms with Crippen molar-refractivity contribution in [2.45, 2.75) is 0 Å². The fourth-order valence-electron chi connectivity index (χ4n) is 1.97. The molecule has 0 spiro atoms. The van der Waals surface area contributed by atoms with Gasteiger partial charge in [-0.25, -0.2) is 4.39 Å². The molecule has 4 nitrogen and oxygen atoms in total. The molecule has 0 bridgehead atoms. The first-order valence-electron chi connectivity index (χ1n) is 5.81. The van der Waals surface area contributed by atoms with Gasteiger partial charge in [0.25, 0.3) is 0 Å². The molecule has 0 unspecified atom stereocenters. The van der Waals surface area contributed by atoms with Crippen LogP contribution < -0.4 is 5.43 Å². The molecular weight excluding hydrogens is 263 g/mol. The fraction of sp³-hybridized carbons (Fsp3) is 0. The molecule has 2 N–H and O–H groups in total. The summed E-state index contributed by atoms with van der Waals surface area (Å²) in [6, 6.07) is 9.33. The molecule has 2 aromatic carbocycles. The fourth-order valence-corrected chi connectivity index (χ4v) is 1.97. The minimum atomic E-state index is -0.700. The van der Waals surface area contributed by atoms with Gasteiger partial charge >= 0.3 is 0 Å². The lowest BCUT2D eigenvalue weighted by atomic mass is 10.1. The van der Waals surface area contributed by atoms with Gasteiger partial charge in [-0.15, -0.1) is 0 Å². The van der Waals surface area contributed by atoms with E-state index < -0.39 is 17.0 Å². The van der Waals surface area contributed by atoms with Gasteiger partial charge in [0, 0.05) is 5.56 Å². The molecule has 1 aromatic heterocycles. The van der Waals surface area contributed by atoms with Gasteiger partial charge in [0.05, 0.1) is 5.39 Å². The summed E-state index contributed by atoms with van der Waals surface area (Å²) >= 11 is 0. The Morgan fingerprint density at radius 3 is 2.40 bits per heavy atom. The standard InChI is InChI=1S/C15H9FO4/c16-9-3-6-12-11(7-9)13(18)14(19)15(20-12)8-1-4-10(17)5-2-8/h1-7,17,19H. The van der Waals surface area contributed by atoms with E-state index in [1.54, 1.807) is 0 Å². The lowest BCUT2D eigenvalue weighted by Crippen LogP contribution is -2.02. The van der Waals surface area contributed by atoms with E-state index >= 15 is 0 Å². The van der Waals surface area contributed by atoms with E-state index in [0.717, 1.165) is 6.07 Å². The van der Waals surface area contributed by atoms with Gasteiger partial charge in [0.2, 0.25) is 11.2 Å². The minimum Gasteiger partial charge on any atom is -0.508 e. The summed E-state index contributed by atoms with van der Waals surface area (Å²) < 4.78 is 18.6. The second-order valence-electron chi connectivity index (χ2n) is 4.30. The van der Waals surface area contributed by atoms with Crippen molar-refractivity contribution in [1.82, 2.24) is 0 Å². The highest BCUT2D eigenvalue weighted by molar-refractivity contribution is 5.81. The molecule has 100 valence electrons. The van der Waals surface area contributed by atoms with Crippen LogP contribution in [0.1, 0.15) is 0 Å². The monoisotopic (exact) mass is 272 g/mol. The summed E-state index contributed by atoms with van der Waals surface area (Å²) in [7, 11) is 0. The molecule has 0 aliphatic rings. The van der Waals surface area contributed by atoms with Gasteiger partial charge in [-0.2, -0.15) is 0 Å². The molecular formula is C15H9FO4. The summed E-state index contributed by atoms with van der Waals surface area (Å²) in [6.07, 6.45) is 0. The second kappa shape index (κ2) is 4.38. The molecule has 20 heavy (non-hydrogen) atoms. The van der Waals surface area contributed by atoms with Gasteiger partial charge in [-0.3, -0.25) is 4.79 Å². The van der Waals surface area contributed by atoms with Crippen LogP contribution in [0.4, 0.5) is 4.39 Å². The van der Waals surface area contributed by atoms with Crippen molar-refractivity contribution in [1.29, 1.82) is 0 Å². The summed E-state index contributed by atoms with van der Waals surface area (Å²) in [5, 5.41) is 19.1. The first kappa shape index (κ1) is 12.2. The summed E-state index contributed by atoms with van der Waals surface area (Å²) in [4.78, 5) is 12.0. The first-order valence-corrected chi connectivity index (χ1v) is 5.81. The van der Waals surface area contributed by atoms with Crippen LogP contribution in [0.15, 0.2) is 51.7 Å². The van der Waals surface area contributed by atoms with Crippen molar-refractivity contribution < 1.29 is 19.0 Å². The van der Waals surface area contributed by atoms with Crippen LogP contribution in [0.3, 0.4) is 0 Å². The highest BCUT2D eigenvalue weighted by atomic mass is 19.1. The molecule has 5 heteroatoms. The minimum absolute atomic E-state index is 0.0193. The van der Waals surface area contributed by atoms with Crippen molar-refractivity contribution in [3.05, 3.63) is 58.5 Å². The molecule has 0 atom stereocenters. The van der Waals surface area contributed by atoms with E-state index in [2.05, 4.69) is 0 Å². The number of phenolic OH excluding ortho intramolecular Hbond substituents is 1. The zero-order chi connectivity index (χ0) is 14.3.